The number of aryl methyl sites for hydroxylation is 2. The van der Waals surface area contributed by atoms with E-state index in [0.29, 0.717) is 5.84 Å². The first-order valence-electron chi connectivity index (χ1n) is 6.59. The van der Waals surface area contributed by atoms with Gasteiger partial charge in [-0.15, -0.1) is 0 Å². The molecule has 1 heterocycles. The van der Waals surface area contributed by atoms with Gasteiger partial charge in [0.1, 0.15) is 0 Å². The van der Waals surface area contributed by atoms with Crippen LogP contribution in [0.1, 0.15) is 22.4 Å². The van der Waals surface area contributed by atoms with E-state index in [2.05, 4.69) is 15.5 Å². The minimum Gasteiger partial charge on any atom is -0.321 e. The van der Waals surface area contributed by atoms with Gasteiger partial charge >= 0.3 is 0 Å². The summed E-state index contributed by atoms with van der Waals surface area (Å²) in [5, 5.41) is 4.33. The molecule has 0 bridgehead atoms. The maximum Gasteiger partial charge on any atom is 0.166 e. The number of rotatable bonds is 4. The molecule has 0 fully saturated rings. The first kappa shape index (κ1) is 15.3. The molecule has 2 aromatic rings. The third-order valence-electron chi connectivity index (χ3n) is 3.39. The highest BCUT2D eigenvalue weighted by atomic mass is 35.5. The van der Waals surface area contributed by atoms with Crippen molar-refractivity contribution in [2.24, 2.45) is 16.8 Å². The zero-order valence-electron chi connectivity index (χ0n) is 11.8. The van der Waals surface area contributed by atoms with E-state index >= 15 is 0 Å². The van der Waals surface area contributed by atoms with Crippen molar-refractivity contribution in [3.8, 4) is 0 Å². The Balaban J connectivity index is 2.06. The van der Waals surface area contributed by atoms with Gasteiger partial charge in [-0.2, -0.15) is 5.10 Å². The quantitative estimate of drug-likeness (QED) is 0.348. The molecule has 21 heavy (non-hydrogen) atoms. The van der Waals surface area contributed by atoms with Gasteiger partial charge in [-0.05, 0) is 37.0 Å². The summed E-state index contributed by atoms with van der Waals surface area (Å²) in [6, 6.07) is 9.72. The van der Waals surface area contributed by atoms with Crippen LogP contribution in [0.4, 0.5) is 0 Å². The van der Waals surface area contributed by atoms with E-state index in [1.165, 1.54) is 5.56 Å². The highest BCUT2D eigenvalue weighted by Crippen LogP contribution is 2.18. The molecule has 0 unspecified atom stereocenters. The van der Waals surface area contributed by atoms with Crippen LogP contribution in [-0.2, 0) is 12.8 Å². The fourth-order valence-electron chi connectivity index (χ4n) is 2.09. The van der Waals surface area contributed by atoms with Crippen molar-refractivity contribution in [1.82, 2.24) is 10.4 Å². The van der Waals surface area contributed by atoms with Crippen molar-refractivity contribution >= 4 is 17.4 Å². The first-order valence-corrected chi connectivity index (χ1v) is 6.97. The summed E-state index contributed by atoms with van der Waals surface area (Å²) in [7, 11) is 0. The Bertz CT molecular complexity index is 637. The van der Waals surface area contributed by atoms with E-state index in [0.717, 1.165) is 34.7 Å². The number of hydrogen-bond acceptors (Lipinski definition) is 4. The Hall–Kier alpha value is -2.11. The van der Waals surface area contributed by atoms with E-state index in [9.17, 15) is 0 Å². The predicted octanol–water partition coefficient (Wildman–Crippen LogP) is 1.91. The maximum absolute atomic E-state index is 6.10. The van der Waals surface area contributed by atoms with E-state index in [-0.39, 0.29) is 0 Å². The molecule has 0 saturated carbocycles. The van der Waals surface area contributed by atoms with Gasteiger partial charge in [0.05, 0.1) is 0 Å². The van der Waals surface area contributed by atoms with E-state index in [4.69, 9.17) is 23.3 Å². The highest BCUT2D eigenvalue weighted by molar-refractivity contribution is 6.31. The average Bonchev–Trinajstić information content (AvgIpc) is 2.51. The van der Waals surface area contributed by atoms with Gasteiger partial charge in [0, 0.05) is 22.5 Å². The van der Waals surface area contributed by atoms with Crippen LogP contribution in [-0.4, -0.2) is 10.8 Å². The molecule has 0 atom stereocenters. The summed E-state index contributed by atoms with van der Waals surface area (Å²) in [5.41, 5.74) is 6.58. The molecule has 5 N–H and O–H groups in total. The van der Waals surface area contributed by atoms with Gasteiger partial charge in [-0.3, -0.25) is 4.98 Å². The molecular weight excluding hydrogens is 286 g/mol. The summed E-state index contributed by atoms with van der Waals surface area (Å²) in [6.07, 6.45) is 3.48. The van der Waals surface area contributed by atoms with Crippen LogP contribution in [0.25, 0.3) is 0 Å². The number of hydrogen-bond donors (Lipinski definition) is 3. The van der Waals surface area contributed by atoms with Crippen molar-refractivity contribution in [2.45, 2.75) is 19.8 Å². The second-order valence-electron chi connectivity index (χ2n) is 4.68. The Morgan fingerprint density at radius 3 is 2.57 bits per heavy atom. The first-order chi connectivity index (χ1) is 10.2. The number of benzene rings is 1. The predicted molar refractivity (Wildman–Crippen MR) is 85.9 cm³/mol. The number of hydrazine groups is 1. The summed E-state index contributed by atoms with van der Waals surface area (Å²) >= 11 is 6.10. The fourth-order valence-corrected chi connectivity index (χ4v) is 2.26. The number of pyridine rings is 1. The van der Waals surface area contributed by atoms with Crippen LogP contribution in [0.2, 0.25) is 5.02 Å². The number of hydrazone groups is 1. The molecule has 0 saturated heterocycles. The third kappa shape index (κ3) is 3.71. The normalized spacial score (nSPS) is 11.5. The largest absolute Gasteiger partial charge is 0.321 e. The number of aromatic nitrogens is 1. The molecule has 0 spiro atoms. The molecule has 2 rings (SSSR count). The van der Waals surface area contributed by atoms with Crippen LogP contribution < -0.4 is 17.1 Å². The van der Waals surface area contributed by atoms with Crippen molar-refractivity contribution in [3.63, 3.8) is 0 Å². The number of nitrogens with zero attached hydrogens (tertiary/aromatic N) is 2. The minimum atomic E-state index is 0.453. The monoisotopic (exact) mass is 303 g/mol. The zero-order valence-corrected chi connectivity index (χ0v) is 12.6. The molecule has 110 valence electrons. The molecule has 0 radical (unpaired) electrons. The van der Waals surface area contributed by atoms with Gasteiger partial charge in [0.25, 0.3) is 0 Å². The molecule has 0 aliphatic rings. The second-order valence-corrected chi connectivity index (χ2v) is 5.09. The smallest absolute Gasteiger partial charge is 0.166 e. The zero-order chi connectivity index (χ0) is 15.2. The average molecular weight is 304 g/mol. The summed E-state index contributed by atoms with van der Waals surface area (Å²) in [4.78, 5) is 4.38. The highest BCUT2D eigenvalue weighted by Gasteiger charge is 2.05. The summed E-state index contributed by atoms with van der Waals surface area (Å²) in [6.45, 7) is 1.99. The van der Waals surface area contributed by atoms with Crippen LogP contribution >= 0.6 is 11.6 Å². The van der Waals surface area contributed by atoms with Crippen molar-refractivity contribution < 1.29 is 0 Å². The molecule has 0 aliphatic carbocycles. The molecule has 1 aromatic carbocycles. The Morgan fingerprint density at radius 1 is 1.24 bits per heavy atom. The van der Waals surface area contributed by atoms with Gasteiger partial charge in [0.15, 0.2) is 5.84 Å². The molecule has 1 aromatic heterocycles. The lowest BCUT2D eigenvalue weighted by Crippen LogP contribution is -2.31. The van der Waals surface area contributed by atoms with Crippen molar-refractivity contribution in [2.75, 3.05) is 0 Å². The number of nitrogens with two attached hydrogens (primary N) is 2. The second kappa shape index (κ2) is 7.06. The van der Waals surface area contributed by atoms with Gasteiger partial charge in [-0.1, -0.05) is 35.9 Å². The van der Waals surface area contributed by atoms with E-state index < -0.39 is 0 Å². The number of amidine groups is 1. The van der Waals surface area contributed by atoms with Crippen LogP contribution in [0.15, 0.2) is 41.6 Å². The van der Waals surface area contributed by atoms with Crippen molar-refractivity contribution in [1.29, 1.82) is 0 Å². The van der Waals surface area contributed by atoms with Crippen molar-refractivity contribution in [3.05, 3.63) is 63.9 Å². The molecule has 0 aliphatic heterocycles. The van der Waals surface area contributed by atoms with Gasteiger partial charge < -0.3 is 11.3 Å². The SMILES string of the molecule is Cc1c(Cl)ccnc1CCc1ccc(/C(=N/N)NN)cc1. The van der Waals surface area contributed by atoms with Gasteiger partial charge in [0.2, 0.25) is 0 Å². The topological polar surface area (TPSA) is 89.3 Å². The van der Waals surface area contributed by atoms with Crippen LogP contribution in [0, 0.1) is 6.92 Å². The molecule has 6 heteroatoms. The number of halogens is 1. The Kier molecular flexibility index (Phi) is 5.14. The summed E-state index contributed by atoms with van der Waals surface area (Å²) in [5.74, 6) is 11.0. The lowest BCUT2D eigenvalue weighted by Gasteiger charge is -2.08. The van der Waals surface area contributed by atoms with E-state index in [1.807, 2.05) is 37.3 Å². The third-order valence-corrected chi connectivity index (χ3v) is 3.80. The molecule has 5 nitrogen and oxygen atoms in total. The van der Waals surface area contributed by atoms with E-state index in [1.54, 1.807) is 6.20 Å². The summed E-state index contributed by atoms with van der Waals surface area (Å²) < 4.78 is 0. The molecule has 0 amide bonds. The standard InChI is InChI=1S/C15H18ClN5/c1-10-13(16)8-9-19-14(10)7-4-11-2-5-12(6-3-11)15(20-17)21-18/h2-3,5-6,8-9H,4,7,17-18H2,1H3,(H,20,21). The lowest BCUT2D eigenvalue weighted by atomic mass is 10.0. The lowest BCUT2D eigenvalue weighted by molar-refractivity contribution is 0.900. The Morgan fingerprint density at radius 2 is 1.95 bits per heavy atom. The van der Waals surface area contributed by atoms with Crippen LogP contribution in [0.3, 0.4) is 0 Å². The van der Waals surface area contributed by atoms with Gasteiger partial charge in [-0.25, -0.2) is 5.84 Å². The Labute approximate surface area is 129 Å². The fraction of sp³-hybridized carbons (Fsp3) is 0.200. The molecular formula is C15H18ClN5. The minimum absolute atomic E-state index is 0.453. The van der Waals surface area contributed by atoms with Crippen LogP contribution in [0.5, 0.6) is 0 Å². The number of nitrogens with one attached hydrogen (secondary N) is 1. The maximum atomic E-state index is 6.10.